The second-order valence-electron chi connectivity index (χ2n) is 4.03. The number of anilines is 1. The van der Waals surface area contributed by atoms with Crippen LogP contribution in [-0.2, 0) is 9.53 Å². The maximum atomic E-state index is 11.4. The summed E-state index contributed by atoms with van der Waals surface area (Å²) in [6.07, 6.45) is 3.08. The molecule has 0 bridgehead atoms. The minimum Gasteiger partial charge on any atom is -0.474 e. The quantitative estimate of drug-likeness (QED) is 0.777. The average molecular weight is 253 g/mol. The first-order chi connectivity index (χ1) is 8.52. The fourth-order valence-electron chi connectivity index (χ4n) is 1.26. The molecule has 0 saturated carbocycles. The molecule has 18 heavy (non-hydrogen) atoms. The number of carbonyl (C=O) groups excluding carboxylic acids is 1. The van der Waals surface area contributed by atoms with Gasteiger partial charge in [-0.15, -0.1) is 0 Å². The van der Waals surface area contributed by atoms with Crippen LogP contribution in [0.25, 0.3) is 0 Å². The molecule has 0 aliphatic carbocycles. The van der Waals surface area contributed by atoms with Crippen molar-refractivity contribution in [1.29, 1.82) is 0 Å². The van der Waals surface area contributed by atoms with Gasteiger partial charge in [0.05, 0.1) is 25.1 Å². The average Bonchev–Trinajstić information content (AvgIpc) is 2.28. The normalized spacial score (nSPS) is 12.1. The van der Waals surface area contributed by atoms with Crippen molar-refractivity contribution in [3.63, 3.8) is 0 Å². The molecule has 0 spiro atoms. The van der Waals surface area contributed by atoms with Gasteiger partial charge in [0.1, 0.15) is 11.9 Å². The number of hydrogen-bond acceptors (Lipinski definition) is 6. The highest BCUT2D eigenvalue weighted by atomic mass is 16.5. The first-order valence-corrected chi connectivity index (χ1v) is 5.94. The summed E-state index contributed by atoms with van der Waals surface area (Å²) in [5, 5.41) is 2.91. The first kappa shape index (κ1) is 14.2. The number of rotatable bonds is 6. The third-order valence-electron chi connectivity index (χ3n) is 1.97. The van der Waals surface area contributed by atoms with Crippen LogP contribution in [0.2, 0.25) is 0 Å². The Hall–Kier alpha value is -1.85. The molecule has 6 heteroatoms. The molecule has 1 aromatic heterocycles. The van der Waals surface area contributed by atoms with Crippen molar-refractivity contribution in [1.82, 2.24) is 9.97 Å². The van der Waals surface area contributed by atoms with Crippen molar-refractivity contribution in [3.05, 3.63) is 12.4 Å². The first-order valence-electron chi connectivity index (χ1n) is 5.94. The Bertz CT molecular complexity index is 396. The van der Waals surface area contributed by atoms with Crippen LogP contribution >= 0.6 is 0 Å². The molecule has 0 saturated heterocycles. The van der Waals surface area contributed by atoms with Crippen LogP contribution < -0.4 is 10.1 Å². The van der Waals surface area contributed by atoms with Gasteiger partial charge >= 0.3 is 5.97 Å². The van der Waals surface area contributed by atoms with Crippen LogP contribution in [0, 0.1) is 0 Å². The summed E-state index contributed by atoms with van der Waals surface area (Å²) in [6, 6.07) is -0.478. The van der Waals surface area contributed by atoms with E-state index in [0.29, 0.717) is 18.3 Å². The highest BCUT2D eigenvalue weighted by molar-refractivity contribution is 5.78. The summed E-state index contributed by atoms with van der Waals surface area (Å²) in [5.41, 5.74) is 0. The summed E-state index contributed by atoms with van der Waals surface area (Å²) in [6.45, 7) is 7.64. The van der Waals surface area contributed by atoms with Gasteiger partial charge in [0.2, 0.25) is 5.88 Å². The molecule has 6 nitrogen and oxygen atoms in total. The molecule has 100 valence electrons. The number of esters is 1. The van der Waals surface area contributed by atoms with Gasteiger partial charge in [-0.05, 0) is 27.7 Å². The largest absolute Gasteiger partial charge is 0.474 e. The molecule has 1 unspecified atom stereocenters. The molecule has 1 heterocycles. The van der Waals surface area contributed by atoms with Crippen LogP contribution in [0.3, 0.4) is 0 Å². The third kappa shape index (κ3) is 4.57. The maximum absolute atomic E-state index is 11.4. The minimum absolute atomic E-state index is 0.0250. The zero-order valence-electron chi connectivity index (χ0n) is 11.1. The highest BCUT2D eigenvalue weighted by Gasteiger charge is 2.14. The Morgan fingerprint density at radius 3 is 2.72 bits per heavy atom. The van der Waals surface area contributed by atoms with Crippen LogP contribution in [0.1, 0.15) is 27.7 Å². The molecular weight excluding hydrogens is 234 g/mol. The standard InChI is InChI=1S/C12H19N3O3/c1-5-17-12(16)9(4)14-10-6-13-7-11(15-10)18-8(2)3/h6-9H,5H2,1-4H3,(H,14,15). The van der Waals surface area contributed by atoms with E-state index < -0.39 is 6.04 Å². The molecule has 0 aromatic carbocycles. The number of carbonyl (C=O) groups is 1. The van der Waals surface area contributed by atoms with Gasteiger partial charge in [0, 0.05) is 0 Å². The molecule has 1 aromatic rings. The SMILES string of the molecule is CCOC(=O)C(C)Nc1cncc(OC(C)C)n1. The third-order valence-corrected chi connectivity index (χ3v) is 1.97. The van der Waals surface area contributed by atoms with E-state index in [1.807, 2.05) is 13.8 Å². The molecule has 0 aliphatic rings. The number of nitrogens with zero attached hydrogens (tertiary/aromatic N) is 2. The zero-order chi connectivity index (χ0) is 13.5. The predicted molar refractivity (Wildman–Crippen MR) is 67.5 cm³/mol. The van der Waals surface area contributed by atoms with Gasteiger partial charge in [-0.3, -0.25) is 4.98 Å². The van der Waals surface area contributed by atoms with Crippen LogP contribution in [-0.4, -0.2) is 34.7 Å². The summed E-state index contributed by atoms with van der Waals surface area (Å²) < 4.78 is 10.3. The van der Waals surface area contributed by atoms with Crippen molar-refractivity contribution < 1.29 is 14.3 Å². The molecule has 1 rings (SSSR count). The number of aromatic nitrogens is 2. The molecule has 0 aliphatic heterocycles. The second-order valence-corrected chi connectivity index (χ2v) is 4.03. The lowest BCUT2D eigenvalue weighted by molar-refractivity contribution is -0.143. The van der Waals surface area contributed by atoms with E-state index in [1.165, 1.54) is 12.4 Å². The Morgan fingerprint density at radius 1 is 1.39 bits per heavy atom. The molecule has 0 radical (unpaired) electrons. The van der Waals surface area contributed by atoms with Crippen molar-refractivity contribution in [3.8, 4) is 5.88 Å². The van der Waals surface area contributed by atoms with Crippen LogP contribution in [0.4, 0.5) is 5.82 Å². The maximum Gasteiger partial charge on any atom is 0.328 e. The minimum atomic E-state index is -0.478. The number of ether oxygens (including phenoxy) is 2. The van der Waals surface area contributed by atoms with Crippen molar-refractivity contribution in [2.45, 2.75) is 39.8 Å². The van der Waals surface area contributed by atoms with Crippen molar-refractivity contribution in [2.75, 3.05) is 11.9 Å². The monoisotopic (exact) mass is 253 g/mol. The van der Waals surface area contributed by atoms with Gasteiger partial charge in [-0.2, -0.15) is 4.98 Å². The summed E-state index contributed by atoms with van der Waals surface area (Å²) in [7, 11) is 0. The molecule has 1 atom stereocenters. The number of hydrogen-bond donors (Lipinski definition) is 1. The highest BCUT2D eigenvalue weighted by Crippen LogP contribution is 2.11. The van der Waals surface area contributed by atoms with Gasteiger partial charge in [0.25, 0.3) is 0 Å². The Balaban J connectivity index is 2.64. The van der Waals surface area contributed by atoms with Crippen molar-refractivity contribution in [2.24, 2.45) is 0 Å². The molecule has 0 amide bonds. The lowest BCUT2D eigenvalue weighted by atomic mass is 10.3. The topological polar surface area (TPSA) is 73.3 Å². The van der Waals surface area contributed by atoms with Gasteiger partial charge in [-0.25, -0.2) is 4.79 Å². The predicted octanol–water partition coefficient (Wildman–Crippen LogP) is 1.63. The van der Waals surface area contributed by atoms with E-state index in [-0.39, 0.29) is 12.1 Å². The van der Waals surface area contributed by atoms with E-state index >= 15 is 0 Å². The summed E-state index contributed by atoms with van der Waals surface area (Å²) >= 11 is 0. The Labute approximate surface area is 107 Å². The number of nitrogens with one attached hydrogen (secondary N) is 1. The van der Waals surface area contributed by atoms with Gasteiger partial charge in [-0.1, -0.05) is 0 Å². The fourth-order valence-corrected chi connectivity index (χ4v) is 1.26. The van der Waals surface area contributed by atoms with Gasteiger partial charge in [0.15, 0.2) is 0 Å². The van der Waals surface area contributed by atoms with Crippen molar-refractivity contribution >= 4 is 11.8 Å². The summed E-state index contributed by atoms with van der Waals surface area (Å²) in [5.74, 6) is 0.578. The molecule has 0 fully saturated rings. The van der Waals surface area contributed by atoms with E-state index in [4.69, 9.17) is 9.47 Å². The fraction of sp³-hybridized carbons (Fsp3) is 0.583. The van der Waals surface area contributed by atoms with Crippen LogP contribution in [0.5, 0.6) is 5.88 Å². The smallest absolute Gasteiger partial charge is 0.328 e. The molecule has 1 N–H and O–H groups in total. The van der Waals surface area contributed by atoms with E-state index in [9.17, 15) is 4.79 Å². The lowest BCUT2D eigenvalue weighted by Gasteiger charge is -2.14. The van der Waals surface area contributed by atoms with E-state index in [2.05, 4.69) is 15.3 Å². The lowest BCUT2D eigenvalue weighted by Crippen LogP contribution is -2.28. The molecular formula is C12H19N3O3. The summed E-state index contributed by atoms with van der Waals surface area (Å²) in [4.78, 5) is 19.6. The van der Waals surface area contributed by atoms with Gasteiger partial charge < -0.3 is 14.8 Å². The van der Waals surface area contributed by atoms with E-state index in [1.54, 1.807) is 13.8 Å². The second kappa shape index (κ2) is 6.78. The van der Waals surface area contributed by atoms with E-state index in [0.717, 1.165) is 0 Å². The zero-order valence-corrected chi connectivity index (χ0v) is 11.1. The van der Waals surface area contributed by atoms with Crippen LogP contribution in [0.15, 0.2) is 12.4 Å². The Kier molecular flexibility index (Phi) is 5.35. The Morgan fingerprint density at radius 2 is 2.11 bits per heavy atom.